The SMILES string of the molecule is Cc1ccc2c(c1)c1ncn(Cc3nc(C)no3)c(=O)c1n2CC(=O)NCc1ccccc1Cl. The number of aromatic nitrogens is 5. The molecule has 3 heterocycles. The molecule has 172 valence electrons. The zero-order chi connectivity index (χ0) is 23.8. The molecule has 1 amide bonds. The number of nitrogens with one attached hydrogen (secondary N) is 1. The number of halogens is 1. The highest BCUT2D eigenvalue weighted by molar-refractivity contribution is 6.31. The highest BCUT2D eigenvalue weighted by atomic mass is 35.5. The molecule has 0 unspecified atom stereocenters. The van der Waals surface area contributed by atoms with Gasteiger partial charge in [0.15, 0.2) is 5.82 Å². The van der Waals surface area contributed by atoms with E-state index in [1.165, 1.54) is 10.9 Å². The Morgan fingerprint density at radius 1 is 1.18 bits per heavy atom. The van der Waals surface area contributed by atoms with Gasteiger partial charge >= 0.3 is 0 Å². The molecule has 0 saturated carbocycles. The van der Waals surface area contributed by atoms with E-state index in [0.29, 0.717) is 27.8 Å². The van der Waals surface area contributed by atoms with Gasteiger partial charge in [-0.3, -0.25) is 14.2 Å². The second-order valence-corrected chi connectivity index (χ2v) is 8.49. The van der Waals surface area contributed by atoms with E-state index >= 15 is 0 Å². The Morgan fingerprint density at radius 3 is 2.76 bits per heavy atom. The Kier molecular flexibility index (Phi) is 5.62. The molecule has 0 radical (unpaired) electrons. The van der Waals surface area contributed by atoms with Crippen molar-refractivity contribution in [1.29, 1.82) is 0 Å². The number of carbonyl (C=O) groups excluding carboxylic acids is 1. The van der Waals surface area contributed by atoms with Gasteiger partial charge in [0.05, 0.1) is 11.8 Å². The molecule has 0 fully saturated rings. The number of nitrogens with zero attached hydrogens (tertiary/aromatic N) is 5. The fourth-order valence-electron chi connectivity index (χ4n) is 3.98. The molecule has 0 aliphatic rings. The van der Waals surface area contributed by atoms with Gasteiger partial charge in [-0.25, -0.2) is 4.98 Å². The molecule has 10 heteroatoms. The van der Waals surface area contributed by atoms with Crippen molar-refractivity contribution < 1.29 is 9.32 Å². The summed E-state index contributed by atoms with van der Waals surface area (Å²) in [4.78, 5) is 35.1. The van der Waals surface area contributed by atoms with Crippen molar-refractivity contribution in [1.82, 2.24) is 29.6 Å². The van der Waals surface area contributed by atoms with E-state index < -0.39 is 0 Å². The van der Waals surface area contributed by atoms with Gasteiger partial charge in [-0.05, 0) is 37.6 Å². The summed E-state index contributed by atoms with van der Waals surface area (Å²) in [6, 6.07) is 13.1. The van der Waals surface area contributed by atoms with Crippen LogP contribution in [-0.4, -0.2) is 30.2 Å². The van der Waals surface area contributed by atoms with Crippen LogP contribution in [0.4, 0.5) is 0 Å². The minimum atomic E-state index is -0.298. The Labute approximate surface area is 199 Å². The van der Waals surface area contributed by atoms with Crippen LogP contribution in [0.5, 0.6) is 0 Å². The number of fused-ring (bicyclic) bond motifs is 3. The number of hydrogen-bond donors (Lipinski definition) is 1. The molecule has 0 aliphatic heterocycles. The summed E-state index contributed by atoms with van der Waals surface area (Å²) in [6.07, 6.45) is 1.47. The zero-order valence-electron chi connectivity index (χ0n) is 18.6. The van der Waals surface area contributed by atoms with Gasteiger partial charge in [0.1, 0.15) is 24.1 Å². The molecule has 0 saturated heterocycles. The van der Waals surface area contributed by atoms with Crippen LogP contribution in [0, 0.1) is 13.8 Å². The van der Waals surface area contributed by atoms with Gasteiger partial charge < -0.3 is 14.4 Å². The quantitative estimate of drug-likeness (QED) is 0.402. The minimum absolute atomic E-state index is 0.0475. The number of carbonyl (C=O) groups is 1. The lowest BCUT2D eigenvalue weighted by Crippen LogP contribution is -2.29. The third kappa shape index (κ3) is 4.06. The van der Waals surface area contributed by atoms with Crippen molar-refractivity contribution in [2.45, 2.75) is 33.5 Å². The maximum atomic E-state index is 13.5. The molecular formula is C24H21ClN6O3. The molecule has 9 nitrogen and oxygen atoms in total. The molecule has 0 bridgehead atoms. The lowest BCUT2D eigenvalue weighted by atomic mass is 10.1. The summed E-state index contributed by atoms with van der Waals surface area (Å²) in [6.45, 7) is 4.00. The fraction of sp³-hybridized carbons (Fsp3) is 0.208. The first-order valence-corrected chi connectivity index (χ1v) is 11.1. The maximum Gasteiger partial charge on any atom is 0.278 e. The van der Waals surface area contributed by atoms with E-state index in [1.807, 2.05) is 43.3 Å². The highest BCUT2D eigenvalue weighted by Crippen LogP contribution is 2.26. The first-order chi connectivity index (χ1) is 16.4. The molecule has 2 aromatic carbocycles. The summed E-state index contributed by atoms with van der Waals surface area (Å²) < 4.78 is 8.27. The molecule has 5 aromatic rings. The van der Waals surface area contributed by atoms with Crippen LogP contribution < -0.4 is 10.9 Å². The van der Waals surface area contributed by atoms with Gasteiger partial charge in [0.25, 0.3) is 5.56 Å². The molecule has 34 heavy (non-hydrogen) atoms. The van der Waals surface area contributed by atoms with E-state index in [2.05, 4.69) is 20.4 Å². The first-order valence-electron chi connectivity index (χ1n) is 10.7. The number of benzene rings is 2. The molecule has 1 N–H and O–H groups in total. The van der Waals surface area contributed by atoms with Crippen molar-refractivity contribution in [3.8, 4) is 0 Å². The summed E-state index contributed by atoms with van der Waals surface area (Å²) >= 11 is 6.20. The van der Waals surface area contributed by atoms with Crippen LogP contribution >= 0.6 is 11.6 Å². The smallest absolute Gasteiger partial charge is 0.278 e. The third-order valence-electron chi connectivity index (χ3n) is 5.59. The normalized spacial score (nSPS) is 11.4. The van der Waals surface area contributed by atoms with Crippen LogP contribution in [-0.2, 0) is 24.4 Å². The summed E-state index contributed by atoms with van der Waals surface area (Å²) in [7, 11) is 0. The van der Waals surface area contributed by atoms with Gasteiger partial charge in [-0.1, -0.05) is 46.6 Å². The van der Waals surface area contributed by atoms with Crippen molar-refractivity contribution in [3.05, 3.63) is 87.0 Å². The van der Waals surface area contributed by atoms with E-state index in [4.69, 9.17) is 16.1 Å². The van der Waals surface area contributed by atoms with Gasteiger partial charge in [0, 0.05) is 17.0 Å². The van der Waals surface area contributed by atoms with Crippen molar-refractivity contribution in [2.24, 2.45) is 0 Å². The molecule has 0 spiro atoms. The number of aryl methyl sites for hydroxylation is 2. The van der Waals surface area contributed by atoms with Crippen LogP contribution in [0.1, 0.15) is 22.8 Å². The monoisotopic (exact) mass is 476 g/mol. The van der Waals surface area contributed by atoms with Crippen LogP contribution in [0.25, 0.3) is 21.9 Å². The van der Waals surface area contributed by atoms with Gasteiger partial charge in [0.2, 0.25) is 11.8 Å². The fourth-order valence-corrected chi connectivity index (χ4v) is 4.18. The average molecular weight is 477 g/mol. The topological polar surface area (TPSA) is 108 Å². The molecule has 0 atom stereocenters. The summed E-state index contributed by atoms with van der Waals surface area (Å²) in [5.74, 6) is 0.537. The van der Waals surface area contributed by atoms with Crippen LogP contribution in [0.15, 0.2) is 58.1 Å². The lowest BCUT2D eigenvalue weighted by Gasteiger charge is -2.10. The van der Waals surface area contributed by atoms with Crippen molar-refractivity contribution in [2.75, 3.05) is 0 Å². The zero-order valence-corrected chi connectivity index (χ0v) is 19.3. The summed E-state index contributed by atoms with van der Waals surface area (Å²) in [5.41, 5.74) is 3.18. The average Bonchev–Trinajstić information content (AvgIpc) is 3.36. The second-order valence-electron chi connectivity index (χ2n) is 8.09. The second kappa shape index (κ2) is 8.75. The van der Waals surface area contributed by atoms with Gasteiger partial charge in [-0.15, -0.1) is 0 Å². The molecule has 3 aromatic heterocycles. The predicted octanol–water partition coefficient (Wildman–Crippen LogP) is 3.37. The van der Waals surface area contributed by atoms with Gasteiger partial charge in [-0.2, -0.15) is 4.98 Å². The Balaban J connectivity index is 1.54. The Bertz CT molecular complexity index is 1600. The summed E-state index contributed by atoms with van der Waals surface area (Å²) in [5, 5.41) is 8.05. The lowest BCUT2D eigenvalue weighted by molar-refractivity contribution is -0.121. The third-order valence-corrected chi connectivity index (χ3v) is 5.96. The van der Waals surface area contributed by atoms with E-state index in [-0.39, 0.29) is 31.1 Å². The standard InChI is InChI=1S/C24H21ClN6O3/c1-14-7-8-19-17(9-14)22-23(24(33)30(13-27-22)12-21-28-15(2)29-34-21)31(19)11-20(32)26-10-16-5-3-4-6-18(16)25/h3-9,13H,10-12H2,1-2H3,(H,26,32). The molecule has 5 rings (SSSR count). The first kappa shape index (κ1) is 21.8. The van der Waals surface area contributed by atoms with Crippen molar-refractivity contribution in [3.63, 3.8) is 0 Å². The van der Waals surface area contributed by atoms with Crippen molar-refractivity contribution >= 4 is 39.4 Å². The molecular weight excluding hydrogens is 456 g/mol. The predicted molar refractivity (Wildman–Crippen MR) is 128 cm³/mol. The van der Waals surface area contributed by atoms with E-state index in [0.717, 1.165) is 22.0 Å². The number of hydrogen-bond acceptors (Lipinski definition) is 6. The minimum Gasteiger partial charge on any atom is -0.350 e. The number of amides is 1. The Morgan fingerprint density at radius 2 is 2.00 bits per heavy atom. The maximum absolute atomic E-state index is 13.5. The highest BCUT2D eigenvalue weighted by Gasteiger charge is 2.19. The number of rotatable bonds is 6. The van der Waals surface area contributed by atoms with E-state index in [1.54, 1.807) is 17.6 Å². The largest absolute Gasteiger partial charge is 0.350 e. The van der Waals surface area contributed by atoms with E-state index in [9.17, 15) is 9.59 Å². The Hall–Kier alpha value is -3.98. The van der Waals surface area contributed by atoms with Crippen LogP contribution in [0.3, 0.4) is 0 Å². The van der Waals surface area contributed by atoms with Crippen LogP contribution in [0.2, 0.25) is 5.02 Å². The molecule has 0 aliphatic carbocycles.